The Kier molecular flexibility index (Phi) is 8.18. The van der Waals surface area contributed by atoms with Crippen LogP contribution in [-0.2, 0) is 9.53 Å². The lowest BCUT2D eigenvalue weighted by molar-refractivity contribution is -0.118. The Balaban J connectivity index is 3.87. The highest BCUT2D eigenvalue weighted by Crippen LogP contribution is 1.82. The van der Waals surface area contributed by atoms with E-state index in [1.54, 1.807) is 7.11 Å². The predicted octanol–water partition coefficient (Wildman–Crippen LogP) is -1.43. The normalized spacial score (nSPS) is 13.1. The number of aliphatic imine (C=N–C) groups is 1. The fourth-order valence-electron chi connectivity index (χ4n) is 1.06. The highest BCUT2D eigenvalue weighted by molar-refractivity contribution is 5.79. The molecule has 0 heterocycles. The van der Waals surface area contributed by atoms with E-state index >= 15 is 0 Å². The topological polar surface area (TPSA) is 101 Å². The van der Waals surface area contributed by atoms with Gasteiger partial charge in [-0.15, -0.1) is 0 Å². The third-order valence-corrected chi connectivity index (χ3v) is 1.69. The molecule has 0 spiro atoms. The maximum absolute atomic E-state index is 10.6. The minimum Gasteiger partial charge on any atom is -0.383 e. The van der Waals surface area contributed by atoms with Gasteiger partial charge in [0.05, 0.1) is 13.2 Å². The molecule has 1 amide bonds. The highest BCUT2D eigenvalue weighted by Gasteiger charge is 2.02. The summed E-state index contributed by atoms with van der Waals surface area (Å²) >= 11 is 0. The summed E-state index contributed by atoms with van der Waals surface area (Å²) in [6.07, 6.45) is 0. The number of nitrogens with one attached hydrogen (secondary N) is 3. The number of ether oxygens (including phenoxy) is 1. The second-order valence-corrected chi connectivity index (χ2v) is 3.36. The molecule has 0 aromatic carbocycles. The Morgan fingerprint density at radius 3 is 2.75 bits per heavy atom. The van der Waals surface area contributed by atoms with Gasteiger partial charge in [-0.1, -0.05) is 0 Å². The van der Waals surface area contributed by atoms with Crippen LogP contribution in [0.3, 0.4) is 0 Å². The Morgan fingerprint density at radius 1 is 1.56 bits per heavy atom. The van der Waals surface area contributed by atoms with Crippen molar-refractivity contribution in [2.75, 3.05) is 26.8 Å². The summed E-state index contributed by atoms with van der Waals surface area (Å²) in [5, 5.41) is 5.67. The first-order valence-electron chi connectivity index (χ1n) is 5.11. The number of methoxy groups -OCH3 is 1. The van der Waals surface area contributed by atoms with E-state index in [2.05, 4.69) is 21.1 Å². The van der Waals surface area contributed by atoms with E-state index in [0.29, 0.717) is 25.7 Å². The van der Waals surface area contributed by atoms with Crippen LogP contribution in [0.25, 0.3) is 0 Å². The molecule has 0 radical (unpaired) electrons. The van der Waals surface area contributed by atoms with Crippen LogP contribution in [0.1, 0.15) is 13.8 Å². The molecule has 0 saturated heterocycles. The van der Waals surface area contributed by atoms with Crippen LogP contribution < -0.4 is 21.9 Å². The molecule has 0 saturated carbocycles. The Bertz CT molecular complexity index is 232. The van der Waals surface area contributed by atoms with Gasteiger partial charge in [-0.25, -0.2) is 5.84 Å². The Hall–Kier alpha value is -1.34. The third kappa shape index (κ3) is 8.01. The molecule has 0 aliphatic heterocycles. The zero-order valence-corrected chi connectivity index (χ0v) is 10.0. The van der Waals surface area contributed by atoms with Gasteiger partial charge in [0.25, 0.3) is 0 Å². The van der Waals surface area contributed by atoms with Crippen LogP contribution in [0, 0.1) is 0 Å². The van der Waals surface area contributed by atoms with Gasteiger partial charge in [-0.2, -0.15) is 0 Å². The lowest BCUT2D eigenvalue weighted by Gasteiger charge is -2.15. The van der Waals surface area contributed by atoms with Gasteiger partial charge >= 0.3 is 0 Å². The molecule has 94 valence electrons. The standard InChI is InChI=1S/C9H21N5O2/c1-7(6-16-3)13-9(14-10)12-5-4-11-8(2)15/h7H,4-6,10H2,1-3H3,(H,11,15)(H2,12,13,14). The van der Waals surface area contributed by atoms with Crippen molar-refractivity contribution in [2.45, 2.75) is 19.9 Å². The van der Waals surface area contributed by atoms with Crippen molar-refractivity contribution in [1.82, 2.24) is 16.1 Å². The Labute approximate surface area is 95.8 Å². The van der Waals surface area contributed by atoms with E-state index in [1.807, 2.05) is 6.92 Å². The number of carbonyl (C=O) groups excluding carboxylic acids is 1. The van der Waals surface area contributed by atoms with Gasteiger partial charge in [0, 0.05) is 26.6 Å². The van der Waals surface area contributed by atoms with E-state index in [0.717, 1.165) is 0 Å². The van der Waals surface area contributed by atoms with Crippen molar-refractivity contribution < 1.29 is 9.53 Å². The lowest BCUT2D eigenvalue weighted by Crippen LogP contribution is -2.47. The fraction of sp³-hybridized carbons (Fsp3) is 0.778. The summed E-state index contributed by atoms with van der Waals surface area (Å²) in [6, 6.07) is 0.112. The fourth-order valence-corrected chi connectivity index (χ4v) is 1.06. The first kappa shape index (κ1) is 14.7. The number of hydrogen-bond donors (Lipinski definition) is 4. The second kappa shape index (κ2) is 8.93. The summed E-state index contributed by atoms with van der Waals surface area (Å²) in [5.41, 5.74) is 2.45. The number of hydrogen-bond acceptors (Lipinski definition) is 4. The molecular formula is C9H21N5O2. The van der Waals surface area contributed by atoms with Crippen LogP contribution in [-0.4, -0.2) is 44.7 Å². The molecule has 0 aromatic rings. The SMILES string of the molecule is COCC(C)NC(=NCCNC(C)=O)NN. The molecule has 5 N–H and O–H groups in total. The number of amides is 1. The van der Waals surface area contributed by atoms with Crippen molar-refractivity contribution in [3.8, 4) is 0 Å². The molecule has 0 bridgehead atoms. The molecule has 7 heteroatoms. The number of nitrogens with two attached hydrogens (primary N) is 1. The van der Waals surface area contributed by atoms with Crippen molar-refractivity contribution in [3.63, 3.8) is 0 Å². The van der Waals surface area contributed by atoms with Crippen LogP contribution >= 0.6 is 0 Å². The summed E-state index contributed by atoms with van der Waals surface area (Å²) in [7, 11) is 1.63. The van der Waals surface area contributed by atoms with E-state index in [1.165, 1.54) is 6.92 Å². The van der Waals surface area contributed by atoms with E-state index in [-0.39, 0.29) is 11.9 Å². The van der Waals surface area contributed by atoms with Crippen LogP contribution in [0.2, 0.25) is 0 Å². The zero-order valence-electron chi connectivity index (χ0n) is 10.0. The van der Waals surface area contributed by atoms with E-state index in [9.17, 15) is 4.79 Å². The third-order valence-electron chi connectivity index (χ3n) is 1.69. The quantitative estimate of drug-likeness (QED) is 0.148. The van der Waals surface area contributed by atoms with Crippen LogP contribution in [0.5, 0.6) is 0 Å². The van der Waals surface area contributed by atoms with Crippen LogP contribution in [0.15, 0.2) is 4.99 Å². The van der Waals surface area contributed by atoms with Gasteiger partial charge in [0.1, 0.15) is 0 Å². The number of guanidine groups is 1. The van der Waals surface area contributed by atoms with Crippen molar-refractivity contribution >= 4 is 11.9 Å². The highest BCUT2D eigenvalue weighted by atomic mass is 16.5. The minimum atomic E-state index is -0.0711. The average Bonchev–Trinajstić information content (AvgIpc) is 2.22. The van der Waals surface area contributed by atoms with Gasteiger partial charge in [0.15, 0.2) is 0 Å². The van der Waals surface area contributed by atoms with Crippen molar-refractivity contribution in [2.24, 2.45) is 10.8 Å². The lowest BCUT2D eigenvalue weighted by atomic mass is 10.4. The summed E-state index contributed by atoms with van der Waals surface area (Å²) in [5.74, 6) is 5.70. The molecular weight excluding hydrogens is 210 g/mol. The molecule has 0 aliphatic carbocycles. The number of rotatable bonds is 6. The van der Waals surface area contributed by atoms with Gasteiger partial charge < -0.3 is 15.4 Å². The number of carbonyl (C=O) groups is 1. The molecule has 0 rings (SSSR count). The predicted molar refractivity (Wildman–Crippen MR) is 62.8 cm³/mol. The molecule has 7 nitrogen and oxygen atoms in total. The molecule has 16 heavy (non-hydrogen) atoms. The summed E-state index contributed by atoms with van der Waals surface area (Å²) in [6.45, 7) is 4.92. The monoisotopic (exact) mass is 231 g/mol. The Morgan fingerprint density at radius 2 is 2.25 bits per heavy atom. The van der Waals surface area contributed by atoms with Crippen molar-refractivity contribution in [1.29, 1.82) is 0 Å². The maximum Gasteiger partial charge on any atom is 0.216 e. The van der Waals surface area contributed by atoms with Crippen molar-refractivity contribution in [3.05, 3.63) is 0 Å². The molecule has 0 fully saturated rings. The number of hydrazine groups is 1. The maximum atomic E-state index is 10.6. The van der Waals surface area contributed by atoms with Gasteiger partial charge in [-0.3, -0.25) is 15.2 Å². The second-order valence-electron chi connectivity index (χ2n) is 3.36. The first-order valence-corrected chi connectivity index (χ1v) is 5.11. The van der Waals surface area contributed by atoms with E-state index in [4.69, 9.17) is 10.6 Å². The molecule has 1 unspecified atom stereocenters. The minimum absolute atomic E-state index is 0.0711. The largest absolute Gasteiger partial charge is 0.383 e. The molecule has 0 aliphatic rings. The van der Waals surface area contributed by atoms with Gasteiger partial charge in [0.2, 0.25) is 11.9 Å². The van der Waals surface area contributed by atoms with Crippen LogP contribution in [0.4, 0.5) is 0 Å². The van der Waals surface area contributed by atoms with E-state index < -0.39 is 0 Å². The molecule has 0 aromatic heterocycles. The average molecular weight is 231 g/mol. The number of nitrogens with zero attached hydrogens (tertiary/aromatic N) is 1. The molecule has 1 atom stereocenters. The smallest absolute Gasteiger partial charge is 0.216 e. The summed E-state index contributed by atoms with van der Waals surface area (Å²) < 4.78 is 4.96. The van der Waals surface area contributed by atoms with Gasteiger partial charge in [-0.05, 0) is 6.92 Å². The zero-order chi connectivity index (χ0) is 12.4. The summed E-state index contributed by atoms with van der Waals surface area (Å²) in [4.78, 5) is 14.7. The first-order chi connectivity index (χ1) is 7.60.